The number of unbranched alkanes of at least 4 members (excludes halogenated alkanes) is 4. The molecule has 0 radical (unpaired) electrons. The molecule has 0 saturated heterocycles. The van der Waals surface area contributed by atoms with E-state index in [0.29, 0.717) is 96.0 Å². The van der Waals surface area contributed by atoms with Crippen molar-refractivity contribution < 1.29 is 43.5 Å². The average Bonchev–Trinajstić information content (AvgIpc) is 3.83. The molecule has 0 aliphatic carbocycles. The number of nitrogens with two attached hydrogens (primary N) is 5. The fourth-order valence-corrected chi connectivity index (χ4v) is 8.99. The van der Waals surface area contributed by atoms with Gasteiger partial charge in [-0.25, -0.2) is 4.79 Å². The minimum atomic E-state index is -1.29. The predicted molar refractivity (Wildman–Crippen MR) is 302 cm³/mol. The number of hydrogen-bond donors (Lipinski definition) is 14. The van der Waals surface area contributed by atoms with Crippen molar-refractivity contribution in [3.05, 3.63) is 71.9 Å². The number of hydrogen-bond acceptors (Lipinski definition) is 13. The summed E-state index contributed by atoms with van der Waals surface area (Å²) in [6.07, 6.45) is 7.26. The first kappa shape index (κ1) is 65.8. The second-order valence-electron chi connectivity index (χ2n) is 20.7. The zero-order valence-electron chi connectivity index (χ0n) is 46.3. The molecule has 0 saturated carbocycles. The molecule has 0 unspecified atom stereocenters. The molecule has 19 N–H and O–H groups in total. The van der Waals surface area contributed by atoms with Gasteiger partial charge in [-0.2, -0.15) is 0 Å². The smallest absolute Gasteiger partial charge is 0.326 e. The molecule has 22 heteroatoms. The molecule has 1 aromatic heterocycles. The summed E-state index contributed by atoms with van der Waals surface area (Å²) in [5, 5.41) is 30.3. The van der Waals surface area contributed by atoms with Gasteiger partial charge >= 0.3 is 5.97 Å². The van der Waals surface area contributed by atoms with Gasteiger partial charge in [0.25, 0.3) is 0 Å². The first-order chi connectivity index (χ1) is 37.4. The number of rotatable bonds is 39. The Morgan fingerprint density at radius 1 is 0.500 bits per heavy atom. The Morgan fingerprint density at radius 2 is 0.910 bits per heavy atom. The maximum absolute atomic E-state index is 14.6. The van der Waals surface area contributed by atoms with Crippen LogP contribution in [0.15, 0.2) is 60.8 Å². The van der Waals surface area contributed by atoms with E-state index in [0.717, 1.165) is 16.5 Å². The van der Waals surface area contributed by atoms with Gasteiger partial charge < -0.3 is 76.0 Å². The van der Waals surface area contributed by atoms with E-state index >= 15 is 0 Å². The van der Waals surface area contributed by atoms with Gasteiger partial charge in [0, 0.05) is 29.9 Å². The van der Waals surface area contributed by atoms with Crippen LogP contribution >= 0.6 is 0 Å². The second kappa shape index (κ2) is 35.9. The third-order valence-corrected chi connectivity index (χ3v) is 13.8. The summed E-state index contributed by atoms with van der Waals surface area (Å²) >= 11 is 0. The van der Waals surface area contributed by atoms with E-state index in [1.54, 1.807) is 50.4 Å². The molecular weight excluding hydrogens is 999 g/mol. The van der Waals surface area contributed by atoms with Crippen LogP contribution in [0.2, 0.25) is 0 Å². The Morgan fingerprint density at radius 3 is 1.40 bits per heavy atom. The Labute approximate surface area is 459 Å². The van der Waals surface area contributed by atoms with Crippen molar-refractivity contribution in [1.29, 1.82) is 0 Å². The number of H-pyrrole nitrogens is 1. The normalized spacial score (nSPS) is 14.8. The van der Waals surface area contributed by atoms with Crippen LogP contribution in [0.25, 0.3) is 10.9 Å². The first-order valence-corrected chi connectivity index (χ1v) is 27.9. The molecule has 7 amide bonds. The summed E-state index contributed by atoms with van der Waals surface area (Å²) in [5.41, 5.74) is 31.6. The van der Waals surface area contributed by atoms with Crippen molar-refractivity contribution in [2.75, 3.05) is 26.2 Å². The number of para-hydroxylation sites is 1. The molecule has 0 aliphatic heterocycles. The van der Waals surface area contributed by atoms with Crippen molar-refractivity contribution in [2.45, 2.75) is 179 Å². The van der Waals surface area contributed by atoms with Crippen molar-refractivity contribution in [3.63, 3.8) is 0 Å². The summed E-state index contributed by atoms with van der Waals surface area (Å²) < 4.78 is 0. The van der Waals surface area contributed by atoms with E-state index in [2.05, 4.69) is 42.2 Å². The molecule has 22 nitrogen and oxygen atoms in total. The van der Waals surface area contributed by atoms with Gasteiger partial charge in [-0.3, -0.25) is 33.6 Å². The zero-order valence-corrected chi connectivity index (χ0v) is 46.3. The van der Waals surface area contributed by atoms with E-state index in [1.165, 1.54) is 0 Å². The van der Waals surface area contributed by atoms with E-state index in [1.807, 2.05) is 38.1 Å². The van der Waals surface area contributed by atoms with E-state index in [4.69, 9.17) is 28.7 Å². The third-order valence-electron chi connectivity index (χ3n) is 13.8. The summed E-state index contributed by atoms with van der Waals surface area (Å²) in [7, 11) is 0. The number of fused-ring (bicyclic) bond motifs is 1. The molecule has 1 heterocycles. The van der Waals surface area contributed by atoms with Gasteiger partial charge in [-0.05, 0) is 132 Å². The number of benzene rings is 2. The number of aliphatic carboxylic acids is 1. The number of carbonyl (C=O) groups is 8. The number of amides is 7. The quantitative estimate of drug-likeness (QED) is 0.0359. The third kappa shape index (κ3) is 22.9. The average molecular weight is 1090 g/mol. The lowest BCUT2D eigenvalue weighted by molar-refractivity contribution is -0.144. The van der Waals surface area contributed by atoms with Crippen LogP contribution in [-0.2, 0) is 51.2 Å². The fourth-order valence-electron chi connectivity index (χ4n) is 8.99. The summed E-state index contributed by atoms with van der Waals surface area (Å²) in [5.74, 6) is -6.48. The van der Waals surface area contributed by atoms with Gasteiger partial charge in [0.05, 0.1) is 6.04 Å². The predicted octanol–water partition coefficient (Wildman–Crippen LogP) is 1.37. The number of nitrogens with one attached hydrogen (secondary N) is 8. The fraction of sp³-hybridized carbons (Fsp3) is 0.607. The number of aromatic nitrogens is 1. The lowest BCUT2D eigenvalue weighted by Crippen LogP contribution is -2.60. The molecule has 3 rings (SSSR count). The summed E-state index contributed by atoms with van der Waals surface area (Å²) in [6, 6.07) is 7.07. The van der Waals surface area contributed by atoms with Gasteiger partial charge in [0.15, 0.2) is 0 Å². The van der Waals surface area contributed by atoms with Crippen molar-refractivity contribution in [3.8, 4) is 0 Å². The number of carbonyl (C=O) groups excluding carboxylic acids is 7. The van der Waals surface area contributed by atoms with Crippen LogP contribution in [0.5, 0.6) is 0 Å². The Balaban J connectivity index is 1.96. The van der Waals surface area contributed by atoms with Crippen molar-refractivity contribution in [1.82, 2.24) is 42.2 Å². The highest BCUT2D eigenvalue weighted by Crippen LogP contribution is 2.20. The lowest BCUT2D eigenvalue weighted by atomic mass is 9.98. The first-order valence-electron chi connectivity index (χ1n) is 27.9. The van der Waals surface area contributed by atoms with Gasteiger partial charge in [-0.15, -0.1) is 0 Å². The zero-order chi connectivity index (χ0) is 57.6. The SMILES string of the molecule is CC[C@H](C)[C@H](NC(=O)[C@H](CCCCN)NC(=O)[C@H](CCCCN)NC(=O)[C@H](Cc1ccccc1)NC(=O)[C@H](CC(C)C)NC(=O)[C@H](CCCCN)NC(=O)[C@H](Cc1c[nH]c2ccccc12)NC(=O)[C@@H](N)CCCCN)C(=O)O. The number of carboxylic acids is 1. The molecule has 0 bridgehead atoms. The lowest BCUT2D eigenvalue weighted by Gasteiger charge is -2.29. The van der Waals surface area contributed by atoms with Crippen LogP contribution in [0, 0.1) is 11.8 Å². The minimum Gasteiger partial charge on any atom is -0.480 e. The summed E-state index contributed by atoms with van der Waals surface area (Å²) in [4.78, 5) is 115. The van der Waals surface area contributed by atoms with Crippen LogP contribution < -0.4 is 65.9 Å². The molecule has 0 spiro atoms. The van der Waals surface area contributed by atoms with Crippen molar-refractivity contribution >= 4 is 58.2 Å². The topological polar surface area (TPSA) is 387 Å². The molecular formula is C56H91N13O9. The molecule has 3 aromatic rings. The van der Waals surface area contributed by atoms with E-state index in [-0.39, 0.29) is 44.4 Å². The standard InChI is InChI=1S/C56H91N13O9/c1-5-36(4)48(56(77)78)69-52(73)44(26-14-18-30-60)63-50(71)42(24-12-16-28-58)64-54(75)46(32-37-19-7-6-8-20-37)68-53(74)45(31-35(2)3)67-51(72)43(25-13-17-29-59)65-55(76)47(66-49(70)40(61)22-11-15-27-57)33-38-34-62-41-23-10-9-21-39(38)41/h6-10,19-21,23,34-36,40,42-48,62H,5,11-18,22,24-33,57-61H2,1-4H3,(H,63,71)(H,64,75)(H,65,76)(H,66,70)(H,67,72)(H,68,74)(H,69,73)(H,77,78)/t36-,40-,42-,43-,44-,45-,46-,47-,48-/m0/s1. The molecule has 434 valence electrons. The van der Waals surface area contributed by atoms with E-state index in [9.17, 15) is 43.5 Å². The largest absolute Gasteiger partial charge is 0.480 e. The number of carboxylic acid groups (broad SMARTS) is 1. The highest BCUT2D eigenvalue weighted by atomic mass is 16.4. The molecule has 78 heavy (non-hydrogen) atoms. The number of aromatic amines is 1. The van der Waals surface area contributed by atoms with Crippen LogP contribution in [0.3, 0.4) is 0 Å². The molecule has 9 atom stereocenters. The molecule has 0 fully saturated rings. The van der Waals surface area contributed by atoms with Gasteiger partial charge in [0.1, 0.15) is 42.3 Å². The second-order valence-corrected chi connectivity index (χ2v) is 20.7. The van der Waals surface area contributed by atoms with Crippen molar-refractivity contribution in [2.24, 2.45) is 40.5 Å². The van der Waals surface area contributed by atoms with Crippen LogP contribution in [0.4, 0.5) is 0 Å². The molecule has 2 aromatic carbocycles. The van der Waals surface area contributed by atoms with E-state index < -0.39 is 102 Å². The maximum Gasteiger partial charge on any atom is 0.326 e. The molecule has 0 aliphatic rings. The Bertz CT molecular complexity index is 2330. The van der Waals surface area contributed by atoms with Gasteiger partial charge in [0.2, 0.25) is 41.4 Å². The summed E-state index contributed by atoms with van der Waals surface area (Å²) in [6.45, 7) is 8.62. The monoisotopic (exact) mass is 1090 g/mol. The van der Waals surface area contributed by atoms with Gasteiger partial charge in [-0.1, -0.05) is 89.1 Å². The van der Waals surface area contributed by atoms with Crippen LogP contribution in [0.1, 0.15) is 129 Å². The Hall–Kier alpha value is -6.46. The maximum atomic E-state index is 14.6. The highest BCUT2D eigenvalue weighted by Gasteiger charge is 2.35. The van der Waals surface area contributed by atoms with Crippen LogP contribution in [-0.4, -0.2) is 132 Å². The highest BCUT2D eigenvalue weighted by molar-refractivity contribution is 5.98. The Kier molecular flexibility index (Phi) is 30.3. The minimum absolute atomic E-state index is 0.0216.